The molecule has 1 aliphatic rings. The van der Waals surface area contributed by atoms with Crippen LogP contribution in [0.2, 0.25) is 0 Å². The summed E-state index contributed by atoms with van der Waals surface area (Å²) in [6.45, 7) is 2.28. The standard InChI is InChI=1S/C25H22N4O5/c30-25(20-16-19(29(31)32)7-8-22(20)28-10-12-33-13-11-28)26-18-6-9-23-21(15-18)27-24(34-23)14-17-4-2-1-3-5-17/h1-9,15-16H,10-14H2,(H,26,30). The number of hydrogen-bond donors (Lipinski definition) is 1. The van der Waals surface area contributed by atoms with Crippen LogP contribution in [0.25, 0.3) is 11.1 Å². The Morgan fingerprint density at radius 3 is 2.62 bits per heavy atom. The molecule has 34 heavy (non-hydrogen) atoms. The normalized spacial score (nSPS) is 13.7. The molecule has 5 rings (SSSR count). The highest BCUT2D eigenvalue weighted by atomic mass is 16.6. The number of benzene rings is 3. The number of nitrogens with zero attached hydrogens (tertiary/aromatic N) is 3. The lowest BCUT2D eigenvalue weighted by Crippen LogP contribution is -2.37. The zero-order chi connectivity index (χ0) is 23.5. The summed E-state index contributed by atoms with van der Waals surface area (Å²) < 4.78 is 11.2. The molecule has 1 fully saturated rings. The van der Waals surface area contributed by atoms with E-state index in [2.05, 4.69) is 10.3 Å². The number of morpholine rings is 1. The zero-order valence-electron chi connectivity index (χ0n) is 18.3. The first-order chi connectivity index (χ1) is 16.6. The summed E-state index contributed by atoms with van der Waals surface area (Å²) in [6, 6.07) is 19.4. The molecule has 0 spiro atoms. The molecule has 0 saturated carbocycles. The van der Waals surface area contributed by atoms with Crippen LogP contribution in [-0.4, -0.2) is 42.1 Å². The van der Waals surface area contributed by atoms with Crippen LogP contribution in [0.1, 0.15) is 21.8 Å². The number of nitro benzene ring substituents is 1. The number of nitro groups is 1. The highest BCUT2D eigenvalue weighted by Gasteiger charge is 2.22. The van der Waals surface area contributed by atoms with Gasteiger partial charge >= 0.3 is 0 Å². The number of rotatable bonds is 6. The minimum absolute atomic E-state index is 0.139. The molecular formula is C25H22N4O5. The van der Waals surface area contributed by atoms with E-state index in [4.69, 9.17) is 9.15 Å². The summed E-state index contributed by atoms with van der Waals surface area (Å²) in [5.74, 6) is 0.149. The lowest BCUT2D eigenvalue weighted by molar-refractivity contribution is -0.384. The molecule has 1 saturated heterocycles. The second-order valence-electron chi connectivity index (χ2n) is 7.96. The summed E-state index contributed by atoms with van der Waals surface area (Å²) >= 11 is 0. The molecule has 4 aromatic rings. The molecule has 0 radical (unpaired) electrons. The third-order valence-electron chi connectivity index (χ3n) is 5.68. The molecule has 1 aromatic heterocycles. The van der Waals surface area contributed by atoms with Gasteiger partial charge in [-0.2, -0.15) is 0 Å². The van der Waals surface area contributed by atoms with Crippen molar-refractivity contribution < 1.29 is 18.9 Å². The maximum atomic E-state index is 13.2. The number of ether oxygens (including phenoxy) is 1. The molecule has 172 valence electrons. The van der Waals surface area contributed by atoms with Crippen molar-refractivity contribution in [3.8, 4) is 0 Å². The molecule has 0 aliphatic carbocycles. The van der Waals surface area contributed by atoms with E-state index in [0.717, 1.165) is 5.56 Å². The summed E-state index contributed by atoms with van der Waals surface area (Å²) in [5.41, 5.74) is 3.59. The van der Waals surface area contributed by atoms with Crippen LogP contribution in [0.3, 0.4) is 0 Å². The van der Waals surface area contributed by atoms with E-state index < -0.39 is 10.8 Å². The first-order valence-corrected chi connectivity index (χ1v) is 10.9. The van der Waals surface area contributed by atoms with E-state index in [1.54, 1.807) is 24.3 Å². The van der Waals surface area contributed by atoms with Gasteiger partial charge < -0.3 is 19.4 Å². The number of carbonyl (C=O) groups is 1. The van der Waals surface area contributed by atoms with E-state index >= 15 is 0 Å². The fourth-order valence-corrected chi connectivity index (χ4v) is 4.00. The Morgan fingerprint density at radius 2 is 1.85 bits per heavy atom. The minimum Gasteiger partial charge on any atom is -0.440 e. The summed E-state index contributed by atoms with van der Waals surface area (Å²) in [4.78, 5) is 30.6. The van der Waals surface area contributed by atoms with Gasteiger partial charge in [-0.15, -0.1) is 0 Å². The number of carbonyl (C=O) groups excluding carboxylic acids is 1. The molecule has 2 heterocycles. The molecule has 0 unspecified atom stereocenters. The van der Waals surface area contributed by atoms with Gasteiger partial charge in [-0.25, -0.2) is 4.98 Å². The Balaban J connectivity index is 1.40. The number of non-ortho nitro benzene ring substituents is 1. The number of anilines is 2. The van der Waals surface area contributed by atoms with E-state index in [1.807, 2.05) is 35.2 Å². The Morgan fingerprint density at radius 1 is 1.06 bits per heavy atom. The number of amides is 1. The van der Waals surface area contributed by atoms with Gasteiger partial charge in [-0.3, -0.25) is 14.9 Å². The zero-order valence-corrected chi connectivity index (χ0v) is 18.3. The Kier molecular flexibility index (Phi) is 5.92. The van der Waals surface area contributed by atoms with Gasteiger partial charge in [0.2, 0.25) is 0 Å². The topological polar surface area (TPSA) is 111 Å². The average Bonchev–Trinajstić information content (AvgIpc) is 3.26. The van der Waals surface area contributed by atoms with Crippen LogP contribution >= 0.6 is 0 Å². The Labute approximate surface area is 195 Å². The Hall–Kier alpha value is -4.24. The molecule has 3 aromatic carbocycles. The molecule has 1 amide bonds. The molecule has 0 atom stereocenters. The Bertz CT molecular complexity index is 1350. The summed E-state index contributed by atoms with van der Waals surface area (Å²) in [6.07, 6.45) is 0.563. The van der Waals surface area contributed by atoms with Gasteiger partial charge in [0, 0.05) is 37.3 Å². The van der Waals surface area contributed by atoms with Crippen molar-refractivity contribution in [1.29, 1.82) is 0 Å². The second kappa shape index (κ2) is 9.32. The first-order valence-electron chi connectivity index (χ1n) is 10.9. The van der Waals surface area contributed by atoms with Crippen LogP contribution in [0.4, 0.5) is 17.1 Å². The third-order valence-corrected chi connectivity index (χ3v) is 5.68. The van der Waals surface area contributed by atoms with Crippen LogP contribution in [0.15, 0.2) is 71.1 Å². The maximum absolute atomic E-state index is 13.2. The van der Waals surface area contributed by atoms with Crippen molar-refractivity contribution in [1.82, 2.24) is 4.98 Å². The van der Waals surface area contributed by atoms with Crippen molar-refractivity contribution >= 4 is 34.1 Å². The monoisotopic (exact) mass is 458 g/mol. The average molecular weight is 458 g/mol. The van der Waals surface area contributed by atoms with E-state index in [-0.39, 0.29) is 11.3 Å². The highest BCUT2D eigenvalue weighted by molar-refractivity contribution is 6.09. The van der Waals surface area contributed by atoms with E-state index in [0.29, 0.717) is 61.1 Å². The number of fused-ring (bicyclic) bond motifs is 1. The van der Waals surface area contributed by atoms with Crippen LogP contribution in [0, 0.1) is 10.1 Å². The quantitative estimate of drug-likeness (QED) is 0.336. The number of nitrogens with one attached hydrogen (secondary N) is 1. The molecule has 1 aliphatic heterocycles. The van der Waals surface area contributed by atoms with E-state index in [9.17, 15) is 14.9 Å². The van der Waals surface area contributed by atoms with Crippen molar-refractivity contribution in [2.45, 2.75) is 6.42 Å². The smallest absolute Gasteiger partial charge is 0.270 e. The first kappa shape index (κ1) is 21.6. The minimum atomic E-state index is -0.504. The van der Waals surface area contributed by atoms with Crippen molar-refractivity contribution in [2.75, 3.05) is 36.5 Å². The van der Waals surface area contributed by atoms with Crippen molar-refractivity contribution in [2.24, 2.45) is 0 Å². The SMILES string of the molecule is O=C(Nc1ccc2oc(Cc3ccccc3)nc2c1)c1cc([N+](=O)[O-])ccc1N1CCOCC1. The van der Waals surface area contributed by atoms with Gasteiger partial charge in [-0.05, 0) is 29.8 Å². The van der Waals surface area contributed by atoms with Gasteiger partial charge in [0.15, 0.2) is 11.5 Å². The third kappa shape index (κ3) is 4.60. The molecule has 9 nitrogen and oxygen atoms in total. The number of hydrogen-bond acceptors (Lipinski definition) is 7. The lowest BCUT2D eigenvalue weighted by atomic mass is 10.1. The van der Waals surface area contributed by atoms with Gasteiger partial charge in [-0.1, -0.05) is 30.3 Å². The van der Waals surface area contributed by atoms with Gasteiger partial charge in [0.05, 0.1) is 29.4 Å². The van der Waals surface area contributed by atoms with Crippen LogP contribution < -0.4 is 10.2 Å². The number of oxazole rings is 1. The molecule has 9 heteroatoms. The predicted octanol–water partition coefficient (Wildman–Crippen LogP) is 4.42. The van der Waals surface area contributed by atoms with Crippen molar-refractivity contribution in [3.63, 3.8) is 0 Å². The van der Waals surface area contributed by atoms with Gasteiger partial charge in [0.1, 0.15) is 5.52 Å². The highest BCUT2D eigenvalue weighted by Crippen LogP contribution is 2.28. The van der Waals surface area contributed by atoms with Crippen LogP contribution in [0.5, 0.6) is 0 Å². The molecule has 1 N–H and O–H groups in total. The molecular weight excluding hydrogens is 436 g/mol. The predicted molar refractivity (Wildman–Crippen MR) is 127 cm³/mol. The lowest BCUT2D eigenvalue weighted by Gasteiger charge is -2.30. The fraction of sp³-hybridized carbons (Fsp3) is 0.200. The number of aromatic nitrogens is 1. The largest absolute Gasteiger partial charge is 0.440 e. The second-order valence-corrected chi connectivity index (χ2v) is 7.96. The molecule has 0 bridgehead atoms. The van der Waals surface area contributed by atoms with Crippen molar-refractivity contribution in [3.05, 3.63) is 93.9 Å². The maximum Gasteiger partial charge on any atom is 0.270 e. The fourth-order valence-electron chi connectivity index (χ4n) is 4.00. The van der Waals surface area contributed by atoms with E-state index in [1.165, 1.54) is 12.1 Å². The van der Waals surface area contributed by atoms with Gasteiger partial charge in [0.25, 0.3) is 11.6 Å². The summed E-state index contributed by atoms with van der Waals surface area (Å²) in [7, 11) is 0. The summed E-state index contributed by atoms with van der Waals surface area (Å²) in [5, 5.41) is 14.2. The van der Waals surface area contributed by atoms with Crippen LogP contribution in [-0.2, 0) is 11.2 Å².